The van der Waals surface area contributed by atoms with E-state index in [4.69, 9.17) is 14.0 Å². The highest BCUT2D eigenvalue weighted by molar-refractivity contribution is 6.06. The van der Waals surface area contributed by atoms with Gasteiger partial charge in [0.15, 0.2) is 5.82 Å². The fraction of sp³-hybridized carbons (Fsp3) is 0.222. The number of carbonyl (C=O) groups excluding carboxylic acids is 2. The topological polar surface area (TPSA) is 140 Å². The molecular weight excluding hydrogens is 488 g/mol. The second-order valence-electron chi connectivity index (χ2n) is 9.29. The Morgan fingerprint density at radius 2 is 1.45 bits per heavy atom. The molecule has 3 N–H and O–H groups in total. The molecule has 38 heavy (non-hydrogen) atoms. The minimum absolute atomic E-state index is 0.220. The molecule has 0 bridgehead atoms. The number of hydrogen-bond acceptors (Lipinski definition) is 9. The Morgan fingerprint density at radius 3 is 2.05 bits per heavy atom. The fourth-order valence-electron chi connectivity index (χ4n) is 3.32. The summed E-state index contributed by atoms with van der Waals surface area (Å²) in [5.41, 5.74) is 1.72. The van der Waals surface area contributed by atoms with Gasteiger partial charge in [0, 0.05) is 34.0 Å². The van der Waals surface area contributed by atoms with Gasteiger partial charge in [-0.15, -0.1) is 0 Å². The van der Waals surface area contributed by atoms with Crippen molar-refractivity contribution < 1.29 is 23.6 Å². The maximum absolute atomic E-state index is 12.9. The number of hydrogen-bond donors (Lipinski definition) is 3. The summed E-state index contributed by atoms with van der Waals surface area (Å²) in [6, 6.07) is 16.6. The minimum Gasteiger partial charge on any atom is -0.481 e. The molecule has 0 aliphatic heterocycles. The number of nitrogens with zero attached hydrogens (tertiary/aromatic N) is 3. The van der Waals surface area contributed by atoms with E-state index in [0.29, 0.717) is 45.8 Å². The lowest BCUT2D eigenvalue weighted by Crippen LogP contribution is -2.14. The van der Waals surface area contributed by atoms with Crippen LogP contribution in [0.2, 0.25) is 0 Å². The van der Waals surface area contributed by atoms with Crippen molar-refractivity contribution in [3.8, 4) is 11.8 Å². The van der Waals surface area contributed by atoms with Crippen LogP contribution in [0.1, 0.15) is 47.2 Å². The lowest BCUT2D eigenvalue weighted by Gasteiger charge is -2.12. The second kappa shape index (κ2) is 11.0. The number of carbonyl (C=O) groups is 2. The first-order chi connectivity index (χ1) is 18.1. The van der Waals surface area contributed by atoms with E-state index in [1.54, 1.807) is 60.7 Å². The van der Waals surface area contributed by atoms with Gasteiger partial charge in [0.25, 0.3) is 11.8 Å². The van der Waals surface area contributed by atoms with E-state index in [2.05, 4.69) is 31.1 Å². The lowest BCUT2D eigenvalue weighted by molar-refractivity contribution is 0.101. The van der Waals surface area contributed by atoms with Crippen molar-refractivity contribution in [2.45, 2.75) is 26.2 Å². The molecule has 0 unspecified atom stereocenters. The average molecular weight is 517 g/mol. The first-order valence-electron chi connectivity index (χ1n) is 11.7. The minimum atomic E-state index is -0.341. The molecule has 0 saturated heterocycles. The van der Waals surface area contributed by atoms with Crippen LogP contribution < -0.4 is 25.4 Å². The molecule has 4 aromatic rings. The number of benzene rings is 2. The van der Waals surface area contributed by atoms with Gasteiger partial charge < -0.3 is 29.9 Å². The largest absolute Gasteiger partial charge is 0.481 e. The van der Waals surface area contributed by atoms with E-state index in [1.165, 1.54) is 14.2 Å². The van der Waals surface area contributed by atoms with Crippen LogP contribution in [0.3, 0.4) is 0 Å². The number of methoxy groups -OCH3 is 2. The van der Waals surface area contributed by atoms with Gasteiger partial charge >= 0.3 is 0 Å². The zero-order valence-electron chi connectivity index (χ0n) is 21.7. The van der Waals surface area contributed by atoms with E-state index in [0.717, 1.165) is 0 Å². The highest BCUT2D eigenvalue weighted by Crippen LogP contribution is 2.25. The third kappa shape index (κ3) is 6.44. The third-order valence-electron chi connectivity index (χ3n) is 5.37. The molecule has 2 amide bonds. The van der Waals surface area contributed by atoms with Crippen LogP contribution in [0.15, 0.2) is 65.2 Å². The van der Waals surface area contributed by atoms with E-state index < -0.39 is 0 Å². The molecule has 0 aliphatic rings. The zero-order valence-corrected chi connectivity index (χ0v) is 21.7. The first kappa shape index (κ1) is 26.1. The van der Waals surface area contributed by atoms with Crippen LogP contribution >= 0.6 is 0 Å². The van der Waals surface area contributed by atoms with E-state index >= 15 is 0 Å². The van der Waals surface area contributed by atoms with Crippen LogP contribution in [-0.2, 0) is 5.41 Å². The maximum Gasteiger partial charge on any atom is 0.256 e. The molecule has 196 valence electrons. The molecule has 0 fully saturated rings. The first-order valence-corrected chi connectivity index (χ1v) is 11.7. The maximum atomic E-state index is 12.9. The highest BCUT2D eigenvalue weighted by Gasteiger charge is 2.20. The normalized spacial score (nSPS) is 11.0. The van der Waals surface area contributed by atoms with E-state index in [-0.39, 0.29) is 23.2 Å². The quantitative estimate of drug-likeness (QED) is 0.294. The van der Waals surface area contributed by atoms with Crippen molar-refractivity contribution in [1.82, 2.24) is 15.1 Å². The van der Waals surface area contributed by atoms with Gasteiger partial charge in [-0.2, -0.15) is 9.97 Å². The SMILES string of the molecule is COc1cc(OC)nc(Nc2cccc(C(=O)Nc3ccc(C(=O)Nc4cc(C(C)(C)C)on4)cc3)c2)n1. The Morgan fingerprint density at radius 1 is 0.789 bits per heavy atom. The summed E-state index contributed by atoms with van der Waals surface area (Å²) >= 11 is 0. The molecule has 0 spiro atoms. The summed E-state index contributed by atoms with van der Waals surface area (Å²) in [6.45, 7) is 5.97. The van der Waals surface area contributed by atoms with Gasteiger partial charge in [-0.1, -0.05) is 32.0 Å². The monoisotopic (exact) mass is 516 g/mol. The standard InChI is InChI=1S/C27H28N6O5/c1-27(2,3)20-14-21(33-38-20)30-24(34)16-9-11-18(12-10-16)28-25(35)17-7-6-8-19(13-17)29-26-31-22(36-4)15-23(32-26)37-5/h6-15H,1-5H3,(H,28,35)(H,29,31,32)(H,30,33,34). The molecule has 4 rings (SSSR count). The predicted molar refractivity (Wildman–Crippen MR) is 142 cm³/mol. The summed E-state index contributed by atoms with van der Waals surface area (Å²) in [5, 5.41) is 12.5. The van der Waals surface area contributed by atoms with Crippen LogP contribution in [0, 0.1) is 0 Å². The van der Waals surface area contributed by atoms with Crippen molar-refractivity contribution in [3.63, 3.8) is 0 Å². The van der Waals surface area contributed by atoms with Gasteiger partial charge in [0.2, 0.25) is 17.7 Å². The van der Waals surface area contributed by atoms with Gasteiger partial charge in [-0.05, 0) is 42.5 Å². The van der Waals surface area contributed by atoms with E-state index in [9.17, 15) is 9.59 Å². The van der Waals surface area contributed by atoms with E-state index in [1.807, 2.05) is 20.8 Å². The Balaban J connectivity index is 1.39. The van der Waals surface area contributed by atoms with Crippen LogP contribution in [0.5, 0.6) is 11.8 Å². The Labute approximate surface area is 219 Å². The molecule has 2 aromatic heterocycles. The summed E-state index contributed by atoms with van der Waals surface area (Å²) < 4.78 is 15.6. The smallest absolute Gasteiger partial charge is 0.256 e. The average Bonchev–Trinajstić information content (AvgIpc) is 3.38. The van der Waals surface area contributed by atoms with Crippen molar-refractivity contribution in [3.05, 3.63) is 77.6 Å². The fourth-order valence-corrected chi connectivity index (χ4v) is 3.32. The Kier molecular flexibility index (Phi) is 7.56. The van der Waals surface area contributed by atoms with Crippen LogP contribution in [0.4, 0.5) is 23.1 Å². The van der Waals surface area contributed by atoms with Crippen LogP contribution in [-0.4, -0.2) is 41.2 Å². The number of amides is 2. The van der Waals surface area contributed by atoms with Gasteiger partial charge in [0.1, 0.15) is 5.76 Å². The van der Waals surface area contributed by atoms with Gasteiger partial charge in [-0.25, -0.2) is 0 Å². The third-order valence-corrected chi connectivity index (χ3v) is 5.37. The van der Waals surface area contributed by atoms with Crippen LogP contribution in [0.25, 0.3) is 0 Å². The van der Waals surface area contributed by atoms with Gasteiger partial charge in [0.05, 0.1) is 20.3 Å². The summed E-state index contributed by atoms with van der Waals surface area (Å²) in [5.74, 6) is 1.26. The Bertz CT molecular complexity index is 1420. The molecular formula is C27H28N6O5. The van der Waals surface area contributed by atoms with Gasteiger partial charge in [-0.3, -0.25) is 9.59 Å². The molecule has 0 saturated carbocycles. The number of nitrogens with one attached hydrogen (secondary N) is 3. The number of ether oxygens (including phenoxy) is 2. The highest BCUT2D eigenvalue weighted by atomic mass is 16.5. The van der Waals surface area contributed by atoms with Crippen molar-refractivity contribution in [1.29, 1.82) is 0 Å². The molecule has 0 radical (unpaired) electrons. The second-order valence-corrected chi connectivity index (χ2v) is 9.29. The number of anilines is 4. The summed E-state index contributed by atoms with van der Waals surface area (Å²) in [7, 11) is 2.99. The van der Waals surface area contributed by atoms with Crippen molar-refractivity contribution >= 4 is 35.0 Å². The van der Waals surface area contributed by atoms with Crippen molar-refractivity contribution in [2.24, 2.45) is 0 Å². The summed E-state index contributed by atoms with van der Waals surface area (Å²) in [4.78, 5) is 33.9. The summed E-state index contributed by atoms with van der Waals surface area (Å²) in [6.07, 6.45) is 0. The number of rotatable bonds is 8. The number of aromatic nitrogens is 3. The molecule has 0 aliphatic carbocycles. The predicted octanol–water partition coefficient (Wildman–Crippen LogP) is 5.03. The molecule has 11 heteroatoms. The molecule has 2 heterocycles. The molecule has 0 atom stereocenters. The lowest BCUT2D eigenvalue weighted by atomic mass is 9.93. The Hall–Kier alpha value is -4.93. The molecule has 2 aromatic carbocycles. The molecule has 11 nitrogen and oxygen atoms in total. The zero-order chi connectivity index (χ0) is 27.3. The van der Waals surface area contributed by atoms with Crippen molar-refractivity contribution in [2.75, 3.05) is 30.2 Å².